The van der Waals surface area contributed by atoms with Crippen LogP contribution < -0.4 is 20.1 Å². The normalized spacial score (nSPS) is 11.9. The van der Waals surface area contributed by atoms with Crippen LogP contribution in [0, 0.1) is 5.82 Å². The molecule has 1 aromatic heterocycles. The Balaban J connectivity index is 1.28. The summed E-state index contributed by atoms with van der Waals surface area (Å²) in [5, 5.41) is 7.68. The maximum absolute atomic E-state index is 12.9. The number of rotatable bonds is 6. The zero-order valence-corrected chi connectivity index (χ0v) is 15.9. The second-order valence-electron chi connectivity index (χ2n) is 6.22. The molecule has 0 unspecified atom stereocenters. The lowest BCUT2D eigenvalue weighted by atomic mass is 10.2. The first kappa shape index (κ1) is 18.9. The van der Waals surface area contributed by atoms with E-state index in [4.69, 9.17) is 9.47 Å². The summed E-state index contributed by atoms with van der Waals surface area (Å²) in [6.07, 6.45) is 0.669. The van der Waals surface area contributed by atoms with E-state index in [1.54, 1.807) is 23.6 Å². The predicted molar refractivity (Wildman–Crippen MR) is 106 cm³/mol. The van der Waals surface area contributed by atoms with E-state index >= 15 is 0 Å². The van der Waals surface area contributed by atoms with E-state index in [9.17, 15) is 14.0 Å². The molecule has 148 valence electrons. The van der Waals surface area contributed by atoms with Crippen molar-refractivity contribution in [1.29, 1.82) is 0 Å². The van der Waals surface area contributed by atoms with Gasteiger partial charge in [0, 0.05) is 29.1 Å². The van der Waals surface area contributed by atoms with Gasteiger partial charge in [-0.05, 0) is 42.8 Å². The number of nitrogens with one attached hydrogen (secondary N) is 2. The topological polar surface area (TPSA) is 89.6 Å². The van der Waals surface area contributed by atoms with Crippen LogP contribution in [-0.4, -0.2) is 23.6 Å². The van der Waals surface area contributed by atoms with E-state index < -0.39 is 5.82 Å². The van der Waals surface area contributed by atoms with Crippen molar-refractivity contribution in [3.8, 4) is 11.5 Å². The third kappa shape index (κ3) is 4.69. The monoisotopic (exact) mass is 413 g/mol. The highest BCUT2D eigenvalue weighted by molar-refractivity contribution is 7.14. The van der Waals surface area contributed by atoms with Gasteiger partial charge in [-0.15, -0.1) is 11.3 Å². The van der Waals surface area contributed by atoms with Crippen LogP contribution in [0.4, 0.5) is 15.2 Å². The van der Waals surface area contributed by atoms with Crippen LogP contribution in [0.1, 0.15) is 22.5 Å². The predicted octanol–water partition coefficient (Wildman–Crippen LogP) is 3.83. The highest BCUT2D eigenvalue weighted by Gasteiger charge is 2.15. The van der Waals surface area contributed by atoms with Gasteiger partial charge in [-0.1, -0.05) is 0 Å². The number of amides is 2. The van der Waals surface area contributed by atoms with E-state index in [2.05, 4.69) is 15.6 Å². The fourth-order valence-electron chi connectivity index (χ4n) is 2.69. The minimum atomic E-state index is -0.405. The van der Waals surface area contributed by atoms with Crippen LogP contribution in [0.3, 0.4) is 0 Å². The number of thiazole rings is 1. The number of aromatic nitrogens is 1. The second kappa shape index (κ2) is 8.27. The van der Waals surface area contributed by atoms with E-state index in [0.29, 0.717) is 40.0 Å². The van der Waals surface area contributed by atoms with Gasteiger partial charge in [0.1, 0.15) is 5.82 Å². The molecule has 29 heavy (non-hydrogen) atoms. The van der Waals surface area contributed by atoms with Gasteiger partial charge in [-0.2, -0.15) is 0 Å². The number of hydrogen-bond acceptors (Lipinski definition) is 6. The van der Waals surface area contributed by atoms with E-state index in [0.717, 1.165) is 0 Å². The number of carbonyl (C=O) groups is 2. The first-order valence-electron chi connectivity index (χ1n) is 8.78. The van der Waals surface area contributed by atoms with Gasteiger partial charge in [-0.3, -0.25) is 14.9 Å². The largest absolute Gasteiger partial charge is 0.454 e. The smallest absolute Gasteiger partial charge is 0.257 e. The van der Waals surface area contributed by atoms with Crippen LogP contribution in [-0.2, 0) is 11.2 Å². The molecule has 0 bridgehead atoms. The fraction of sp³-hybridized carbons (Fsp3) is 0.150. The summed E-state index contributed by atoms with van der Waals surface area (Å²) < 4.78 is 23.5. The Morgan fingerprint density at radius 3 is 2.69 bits per heavy atom. The molecule has 0 saturated carbocycles. The summed E-state index contributed by atoms with van der Waals surface area (Å²) in [5.74, 6) is 0.321. The van der Waals surface area contributed by atoms with Crippen molar-refractivity contribution in [2.75, 3.05) is 17.4 Å². The molecule has 2 amide bonds. The van der Waals surface area contributed by atoms with Gasteiger partial charge in [0.05, 0.1) is 5.69 Å². The molecule has 4 rings (SSSR count). The molecule has 1 aliphatic heterocycles. The Labute approximate surface area is 169 Å². The van der Waals surface area contributed by atoms with Gasteiger partial charge in [-0.25, -0.2) is 9.37 Å². The molecule has 2 N–H and O–H groups in total. The Kier molecular flexibility index (Phi) is 5.39. The van der Waals surface area contributed by atoms with Gasteiger partial charge >= 0.3 is 0 Å². The quantitative estimate of drug-likeness (QED) is 0.641. The Morgan fingerprint density at radius 2 is 1.86 bits per heavy atom. The molecule has 0 fully saturated rings. The number of fused-ring (bicyclic) bond motifs is 1. The summed E-state index contributed by atoms with van der Waals surface area (Å²) in [4.78, 5) is 28.6. The first-order valence-corrected chi connectivity index (χ1v) is 9.65. The summed E-state index contributed by atoms with van der Waals surface area (Å²) in [5.41, 5.74) is 1.67. The second-order valence-corrected chi connectivity index (χ2v) is 7.08. The number of halogens is 1. The van der Waals surface area contributed by atoms with Crippen molar-refractivity contribution in [1.82, 2.24) is 4.98 Å². The van der Waals surface area contributed by atoms with Crippen molar-refractivity contribution in [3.05, 3.63) is 64.9 Å². The maximum Gasteiger partial charge on any atom is 0.257 e. The number of carbonyl (C=O) groups excluding carboxylic acids is 2. The highest BCUT2D eigenvalue weighted by atomic mass is 32.1. The third-order valence-corrected chi connectivity index (χ3v) is 4.95. The van der Waals surface area contributed by atoms with E-state index in [1.165, 1.54) is 35.6 Å². The van der Waals surface area contributed by atoms with Crippen molar-refractivity contribution >= 4 is 34.0 Å². The number of anilines is 2. The molecule has 1 aliphatic rings. The first-order chi connectivity index (χ1) is 14.1. The third-order valence-electron chi connectivity index (χ3n) is 4.14. The SMILES string of the molecule is O=C(CCc1csc(NC(=O)c2ccc(F)cc2)n1)Nc1ccc2c(c1)OCO2. The highest BCUT2D eigenvalue weighted by Crippen LogP contribution is 2.34. The molecular formula is C20H16FN3O4S. The lowest BCUT2D eigenvalue weighted by Crippen LogP contribution is -2.13. The van der Waals surface area contributed by atoms with Crippen molar-refractivity contribution < 1.29 is 23.5 Å². The average Bonchev–Trinajstić information content (AvgIpc) is 3.35. The van der Waals surface area contributed by atoms with Gasteiger partial charge in [0.25, 0.3) is 5.91 Å². The number of benzene rings is 2. The van der Waals surface area contributed by atoms with E-state index in [-0.39, 0.29) is 25.0 Å². The van der Waals surface area contributed by atoms with Crippen molar-refractivity contribution in [2.24, 2.45) is 0 Å². The van der Waals surface area contributed by atoms with Crippen molar-refractivity contribution in [2.45, 2.75) is 12.8 Å². The van der Waals surface area contributed by atoms with Gasteiger partial charge in [0.2, 0.25) is 12.7 Å². The van der Waals surface area contributed by atoms with Crippen LogP contribution in [0.2, 0.25) is 0 Å². The maximum atomic E-state index is 12.9. The van der Waals surface area contributed by atoms with Crippen LogP contribution in [0.25, 0.3) is 0 Å². The molecule has 9 heteroatoms. The minimum absolute atomic E-state index is 0.159. The lowest BCUT2D eigenvalue weighted by molar-refractivity contribution is -0.116. The Hall–Kier alpha value is -3.46. The Bertz CT molecular complexity index is 1050. The van der Waals surface area contributed by atoms with Crippen LogP contribution >= 0.6 is 11.3 Å². The standard InChI is InChI=1S/C20H16FN3O4S/c21-13-3-1-12(2-4-13)19(26)24-20-23-15(10-29-20)6-8-18(25)22-14-5-7-16-17(9-14)28-11-27-16/h1-5,7,9-10H,6,8,11H2,(H,22,25)(H,23,24,26). The summed E-state index contributed by atoms with van der Waals surface area (Å²) in [7, 11) is 0. The molecule has 7 nitrogen and oxygen atoms in total. The summed E-state index contributed by atoms with van der Waals surface area (Å²) in [6, 6.07) is 10.5. The zero-order valence-electron chi connectivity index (χ0n) is 15.1. The molecule has 0 atom stereocenters. The molecule has 0 saturated heterocycles. The minimum Gasteiger partial charge on any atom is -0.454 e. The molecular weight excluding hydrogens is 397 g/mol. The molecule has 0 aliphatic carbocycles. The van der Waals surface area contributed by atoms with Crippen LogP contribution in [0.5, 0.6) is 11.5 Å². The molecule has 0 radical (unpaired) electrons. The lowest BCUT2D eigenvalue weighted by Gasteiger charge is -2.05. The molecule has 0 spiro atoms. The van der Waals surface area contributed by atoms with Crippen LogP contribution in [0.15, 0.2) is 47.8 Å². The average molecular weight is 413 g/mol. The zero-order chi connectivity index (χ0) is 20.2. The van der Waals surface area contributed by atoms with Gasteiger partial charge < -0.3 is 14.8 Å². The fourth-order valence-corrected chi connectivity index (χ4v) is 3.43. The summed E-state index contributed by atoms with van der Waals surface area (Å²) in [6.45, 7) is 0.177. The molecule has 2 heterocycles. The van der Waals surface area contributed by atoms with E-state index in [1.807, 2.05) is 0 Å². The number of ether oxygens (including phenoxy) is 2. The number of nitrogens with zero attached hydrogens (tertiary/aromatic N) is 1. The molecule has 3 aromatic rings. The summed E-state index contributed by atoms with van der Waals surface area (Å²) >= 11 is 1.27. The Morgan fingerprint density at radius 1 is 1.07 bits per heavy atom. The molecule has 2 aromatic carbocycles. The van der Waals surface area contributed by atoms with Crippen molar-refractivity contribution in [3.63, 3.8) is 0 Å². The van der Waals surface area contributed by atoms with Gasteiger partial charge in [0.15, 0.2) is 16.6 Å². The number of aryl methyl sites for hydroxylation is 1. The number of hydrogen-bond donors (Lipinski definition) is 2.